The number of ether oxygens (including phenoxy) is 1. The van der Waals surface area contributed by atoms with Crippen LogP contribution in [0.3, 0.4) is 0 Å². The van der Waals surface area contributed by atoms with Crippen molar-refractivity contribution in [3.05, 3.63) is 69.5 Å². The highest BCUT2D eigenvalue weighted by molar-refractivity contribution is 7.89. The minimum atomic E-state index is -3.63. The van der Waals surface area contributed by atoms with Gasteiger partial charge in [-0.25, -0.2) is 17.9 Å². The van der Waals surface area contributed by atoms with Crippen LogP contribution in [-0.4, -0.2) is 37.6 Å². The number of halogens is 1. The zero-order valence-corrected chi connectivity index (χ0v) is 17.3. The van der Waals surface area contributed by atoms with Crippen LogP contribution in [-0.2, 0) is 21.2 Å². The number of carboxylic acids is 1. The number of sulfonamides is 1. The summed E-state index contributed by atoms with van der Waals surface area (Å²) in [5, 5.41) is 9.96. The molecular weight excluding hydrogens is 432 g/mol. The van der Waals surface area contributed by atoms with E-state index in [0.29, 0.717) is 28.8 Å². The third-order valence-electron chi connectivity index (χ3n) is 4.34. The fourth-order valence-electron chi connectivity index (χ4n) is 2.95. The molecule has 0 bridgehead atoms. The first-order chi connectivity index (χ1) is 14.3. The molecule has 8 nitrogen and oxygen atoms in total. The maximum atomic E-state index is 12.3. The molecule has 0 aliphatic heterocycles. The normalized spacial score (nSPS) is 11.5. The number of hydrogen-bond acceptors (Lipinski definition) is 5. The number of nitrogens with one attached hydrogen (secondary N) is 2. The van der Waals surface area contributed by atoms with E-state index in [1.165, 1.54) is 30.3 Å². The van der Waals surface area contributed by atoms with Crippen molar-refractivity contribution in [3.8, 4) is 5.75 Å². The van der Waals surface area contributed by atoms with E-state index >= 15 is 0 Å². The first-order valence-electron chi connectivity index (χ1n) is 9.01. The molecule has 2 aromatic carbocycles. The van der Waals surface area contributed by atoms with E-state index in [0.717, 1.165) is 5.56 Å². The van der Waals surface area contributed by atoms with Gasteiger partial charge in [-0.3, -0.25) is 4.79 Å². The number of aromatic amines is 1. The molecule has 0 amide bonds. The minimum absolute atomic E-state index is 0.134. The van der Waals surface area contributed by atoms with E-state index < -0.39 is 22.6 Å². The second kappa shape index (κ2) is 9.29. The van der Waals surface area contributed by atoms with Crippen LogP contribution >= 0.6 is 11.6 Å². The number of aliphatic carboxylic acids is 1. The van der Waals surface area contributed by atoms with Crippen molar-refractivity contribution in [2.45, 2.75) is 17.7 Å². The van der Waals surface area contributed by atoms with Crippen LogP contribution in [0.5, 0.6) is 5.75 Å². The van der Waals surface area contributed by atoms with Gasteiger partial charge in [0.15, 0.2) is 6.61 Å². The van der Waals surface area contributed by atoms with Crippen LogP contribution in [0.15, 0.2) is 58.2 Å². The van der Waals surface area contributed by atoms with Crippen molar-refractivity contribution in [2.75, 3.05) is 13.2 Å². The summed E-state index contributed by atoms with van der Waals surface area (Å²) in [5.41, 5.74) is 0.938. The molecule has 0 aliphatic rings. The molecule has 0 atom stereocenters. The van der Waals surface area contributed by atoms with Crippen LogP contribution in [0, 0.1) is 0 Å². The van der Waals surface area contributed by atoms with Gasteiger partial charge in [-0.05, 0) is 54.8 Å². The molecule has 1 aromatic heterocycles. The van der Waals surface area contributed by atoms with Crippen molar-refractivity contribution in [1.82, 2.24) is 9.71 Å². The van der Waals surface area contributed by atoms with Gasteiger partial charge < -0.3 is 14.8 Å². The predicted molar refractivity (Wildman–Crippen MR) is 113 cm³/mol. The first-order valence-corrected chi connectivity index (χ1v) is 10.9. The van der Waals surface area contributed by atoms with E-state index in [9.17, 15) is 18.0 Å². The average Bonchev–Trinajstić information content (AvgIpc) is 2.70. The summed E-state index contributed by atoms with van der Waals surface area (Å²) in [6.45, 7) is -0.315. The lowest BCUT2D eigenvalue weighted by molar-refractivity contribution is -0.139. The highest BCUT2D eigenvalue weighted by Crippen LogP contribution is 2.27. The molecule has 0 aliphatic carbocycles. The summed E-state index contributed by atoms with van der Waals surface area (Å²) < 4.78 is 32.4. The van der Waals surface area contributed by atoms with Gasteiger partial charge in [-0.2, -0.15) is 0 Å². The third-order valence-corrected chi connectivity index (χ3v) is 6.07. The lowest BCUT2D eigenvalue weighted by Gasteiger charge is -2.12. The van der Waals surface area contributed by atoms with Crippen molar-refractivity contribution < 1.29 is 23.1 Å². The summed E-state index contributed by atoms with van der Waals surface area (Å²) in [6, 6.07) is 12.3. The van der Waals surface area contributed by atoms with E-state index in [1.807, 2.05) is 0 Å². The molecule has 158 valence electrons. The molecular formula is C20H19ClN2O6S. The fraction of sp³-hybridized carbons (Fsp3) is 0.200. The van der Waals surface area contributed by atoms with Crippen molar-refractivity contribution in [3.63, 3.8) is 0 Å². The number of aryl methyl sites for hydroxylation is 1. The van der Waals surface area contributed by atoms with Gasteiger partial charge in [0.1, 0.15) is 5.75 Å². The Morgan fingerprint density at radius 3 is 2.53 bits per heavy atom. The van der Waals surface area contributed by atoms with E-state index in [1.54, 1.807) is 18.2 Å². The average molecular weight is 451 g/mol. The van der Waals surface area contributed by atoms with E-state index in [-0.39, 0.29) is 22.7 Å². The Kier molecular flexibility index (Phi) is 6.76. The number of carbonyl (C=O) groups is 1. The molecule has 0 saturated carbocycles. The van der Waals surface area contributed by atoms with Gasteiger partial charge in [-0.15, -0.1) is 0 Å². The Labute approximate surface area is 177 Å². The lowest BCUT2D eigenvalue weighted by Crippen LogP contribution is -2.25. The molecule has 3 N–H and O–H groups in total. The van der Waals surface area contributed by atoms with Gasteiger partial charge in [0.05, 0.1) is 10.4 Å². The minimum Gasteiger partial charge on any atom is -0.480 e. The van der Waals surface area contributed by atoms with Gasteiger partial charge in [0, 0.05) is 23.0 Å². The predicted octanol–water partition coefficient (Wildman–Crippen LogP) is 2.56. The van der Waals surface area contributed by atoms with Crippen LogP contribution in [0.4, 0.5) is 0 Å². The Morgan fingerprint density at radius 1 is 1.10 bits per heavy atom. The number of fused-ring (bicyclic) bond motifs is 1. The molecule has 1 heterocycles. The van der Waals surface area contributed by atoms with Crippen LogP contribution in [0.2, 0.25) is 5.02 Å². The van der Waals surface area contributed by atoms with Gasteiger partial charge in [0.25, 0.3) is 0 Å². The highest BCUT2D eigenvalue weighted by atomic mass is 35.5. The number of aromatic nitrogens is 1. The number of pyridine rings is 1. The fourth-order valence-corrected chi connectivity index (χ4v) is 4.15. The van der Waals surface area contributed by atoms with Crippen molar-refractivity contribution in [2.24, 2.45) is 0 Å². The maximum Gasteiger partial charge on any atom is 0.341 e. The zero-order valence-electron chi connectivity index (χ0n) is 15.7. The Bertz CT molecular complexity index is 1220. The van der Waals surface area contributed by atoms with Gasteiger partial charge in [0.2, 0.25) is 15.6 Å². The standard InChI is InChI=1S/C20H19ClN2O6S/c21-14-4-6-15(7-5-14)30(27,28)22-11-1-2-13-3-9-17(29-12-19(25)26)20-16(13)8-10-18(24)23-20/h3-10,22H,1-2,11-12H2,(H,23,24)(H,25,26). The largest absolute Gasteiger partial charge is 0.480 e. The monoisotopic (exact) mass is 450 g/mol. The number of H-pyrrole nitrogens is 1. The number of benzene rings is 2. The smallest absolute Gasteiger partial charge is 0.341 e. The van der Waals surface area contributed by atoms with Crippen LogP contribution < -0.4 is 15.0 Å². The molecule has 0 spiro atoms. The zero-order chi connectivity index (χ0) is 21.7. The van der Waals surface area contributed by atoms with Crippen LogP contribution in [0.1, 0.15) is 12.0 Å². The summed E-state index contributed by atoms with van der Waals surface area (Å²) in [6.07, 6.45) is 1.04. The molecule has 0 fully saturated rings. The van der Waals surface area contributed by atoms with Crippen molar-refractivity contribution >= 4 is 38.5 Å². The summed E-state index contributed by atoms with van der Waals surface area (Å²) in [4.78, 5) is 25.3. The van der Waals surface area contributed by atoms with Crippen LogP contribution in [0.25, 0.3) is 10.9 Å². The lowest BCUT2D eigenvalue weighted by atomic mass is 10.0. The summed E-state index contributed by atoms with van der Waals surface area (Å²) in [5.74, 6) is -0.865. The van der Waals surface area contributed by atoms with Crippen molar-refractivity contribution in [1.29, 1.82) is 0 Å². The SMILES string of the molecule is O=C(O)COc1ccc(CCCNS(=O)(=O)c2ccc(Cl)cc2)c2ccc(=O)[nH]c12. The molecule has 0 unspecified atom stereocenters. The summed E-state index contributed by atoms with van der Waals surface area (Å²) >= 11 is 5.78. The Balaban J connectivity index is 1.70. The Hall–Kier alpha value is -2.88. The molecule has 0 radical (unpaired) electrons. The molecule has 30 heavy (non-hydrogen) atoms. The third kappa shape index (κ3) is 5.38. The first kappa shape index (κ1) is 21.8. The number of rotatable bonds is 9. The van der Waals surface area contributed by atoms with Gasteiger partial charge in [-0.1, -0.05) is 17.7 Å². The second-order valence-corrected chi connectivity index (χ2v) is 8.68. The second-order valence-electron chi connectivity index (χ2n) is 6.47. The van der Waals surface area contributed by atoms with Gasteiger partial charge >= 0.3 is 5.97 Å². The number of hydrogen-bond donors (Lipinski definition) is 3. The Morgan fingerprint density at radius 2 is 1.83 bits per heavy atom. The molecule has 10 heteroatoms. The topological polar surface area (TPSA) is 126 Å². The quantitative estimate of drug-likeness (QED) is 0.430. The molecule has 3 aromatic rings. The highest BCUT2D eigenvalue weighted by Gasteiger charge is 2.14. The van der Waals surface area contributed by atoms with E-state index in [4.69, 9.17) is 21.4 Å². The number of carboxylic acid groups (broad SMARTS) is 1. The summed E-state index contributed by atoms with van der Waals surface area (Å²) in [7, 11) is -3.63. The molecule has 0 saturated heterocycles. The molecule has 3 rings (SSSR count). The van der Waals surface area contributed by atoms with E-state index in [2.05, 4.69) is 9.71 Å². The maximum absolute atomic E-state index is 12.3.